The number of alkyl halides is 3. The molecule has 3 aromatic rings. The van der Waals surface area contributed by atoms with Crippen LogP contribution in [0.1, 0.15) is 5.56 Å². The highest BCUT2D eigenvalue weighted by molar-refractivity contribution is 6.31. The number of hydrogen-bond donors (Lipinski definition) is 1. The molecule has 0 aliphatic rings. The van der Waals surface area contributed by atoms with Crippen molar-refractivity contribution in [2.24, 2.45) is 0 Å². The number of nitrogens with zero attached hydrogens (tertiary/aromatic N) is 1. The molecule has 0 aliphatic heterocycles. The number of benzene rings is 2. The Hall–Kier alpha value is -2.80. The van der Waals surface area contributed by atoms with Crippen LogP contribution in [0.4, 0.5) is 13.2 Å². The first-order chi connectivity index (χ1) is 12.2. The Morgan fingerprint density at radius 3 is 2.54 bits per heavy atom. The fourth-order valence-electron chi connectivity index (χ4n) is 2.75. The van der Waals surface area contributed by atoms with Crippen LogP contribution in [0.3, 0.4) is 0 Å². The number of pyridine rings is 1. The number of fused-ring (bicyclic) bond motifs is 1. The minimum absolute atomic E-state index is 0.145. The standard InChI is InChI=1S/C18H11ClF3NO3/c19-14-5-4-11(8-13(14)18(20,21)22)12-3-1-2-10-6-7-23(9-15(24)25)17(26)16(10)12/h1-8H,9H2,(H,24,25). The van der Waals surface area contributed by atoms with Gasteiger partial charge in [0.2, 0.25) is 0 Å². The summed E-state index contributed by atoms with van der Waals surface area (Å²) in [5, 5.41) is 9.11. The van der Waals surface area contributed by atoms with Gasteiger partial charge in [0.1, 0.15) is 6.54 Å². The first-order valence-electron chi connectivity index (χ1n) is 7.39. The van der Waals surface area contributed by atoms with E-state index in [-0.39, 0.29) is 16.5 Å². The molecule has 134 valence electrons. The topological polar surface area (TPSA) is 59.3 Å². The number of aromatic nitrogens is 1. The van der Waals surface area contributed by atoms with Gasteiger partial charge < -0.3 is 9.67 Å². The highest BCUT2D eigenvalue weighted by atomic mass is 35.5. The molecule has 1 heterocycles. The van der Waals surface area contributed by atoms with E-state index in [1.165, 1.54) is 18.3 Å². The van der Waals surface area contributed by atoms with Crippen molar-refractivity contribution in [1.82, 2.24) is 4.57 Å². The quantitative estimate of drug-likeness (QED) is 0.730. The summed E-state index contributed by atoms with van der Waals surface area (Å²) in [4.78, 5) is 23.6. The van der Waals surface area contributed by atoms with Gasteiger partial charge in [0.15, 0.2) is 0 Å². The highest BCUT2D eigenvalue weighted by Gasteiger charge is 2.33. The van der Waals surface area contributed by atoms with Gasteiger partial charge >= 0.3 is 12.1 Å². The van der Waals surface area contributed by atoms with Crippen LogP contribution in [-0.2, 0) is 17.5 Å². The SMILES string of the molecule is O=C(O)Cn1ccc2cccc(-c3ccc(Cl)c(C(F)(F)F)c3)c2c1=O. The fraction of sp³-hybridized carbons (Fsp3) is 0.111. The van der Waals surface area contributed by atoms with Crippen LogP contribution < -0.4 is 5.56 Å². The minimum Gasteiger partial charge on any atom is -0.480 e. The fourth-order valence-corrected chi connectivity index (χ4v) is 2.97. The second-order valence-electron chi connectivity index (χ2n) is 5.60. The highest BCUT2D eigenvalue weighted by Crippen LogP contribution is 2.38. The van der Waals surface area contributed by atoms with Gasteiger partial charge in [0.25, 0.3) is 5.56 Å². The molecule has 0 atom stereocenters. The molecule has 26 heavy (non-hydrogen) atoms. The number of rotatable bonds is 3. The number of carboxylic acids is 1. The summed E-state index contributed by atoms with van der Waals surface area (Å²) in [6, 6.07) is 9.69. The maximum atomic E-state index is 13.1. The second-order valence-corrected chi connectivity index (χ2v) is 6.01. The van der Waals surface area contributed by atoms with Crippen molar-refractivity contribution in [1.29, 1.82) is 0 Å². The molecule has 2 aromatic carbocycles. The van der Waals surface area contributed by atoms with E-state index in [9.17, 15) is 22.8 Å². The Morgan fingerprint density at radius 2 is 1.88 bits per heavy atom. The van der Waals surface area contributed by atoms with Gasteiger partial charge in [0, 0.05) is 6.20 Å². The van der Waals surface area contributed by atoms with E-state index >= 15 is 0 Å². The molecule has 0 radical (unpaired) electrons. The molecular weight excluding hydrogens is 371 g/mol. The molecule has 3 rings (SSSR count). The van der Waals surface area contributed by atoms with Gasteiger partial charge in [-0.15, -0.1) is 0 Å². The number of carbonyl (C=O) groups is 1. The first kappa shape index (κ1) is 18.0. The summed E-state index contributed by atoms with van der Waals surface area (Å²) in [5.41, 5.74) is -1.16. The number of hydrogen-bond acceptors (Lipinski definition) is 2. The zero-order valence-electron chi connectivity index (χ0n) is 13.0. The summed E-state index contributed by atoms with van der Waals surface area (Å²) in [7, 11) is 0. The minimum atomic E-state index is -4.64. The van der Waals surface area contributed by atoms with Crippen molar-refractivity contribution < 1.29 is 23.1 Å². The molecule has 1 aromatic heterocycles. The van der Waals surface area contributed by atoms with Gasteiger partial charge in [-0.25, -0.2) is 0 Å². The van der Waals surface area contributed by atoms with Crippen molar-refractivity contribution in [2.75, 3.05) is 0 Å². The van der Waals surface area contributed by atoms with E-state index in [1.54, 1.807) is 18.2 Å². The van der Waals surface area contributed by atoms with Crippen LogP contribution in [0, 0.1) is 0 Å². The number of halogens is 4. The largest absolute Gasteiger partial charge is 0.480 e. The third kappa shape index (κ3) is 3.30. The van der Waals surface area contributed by atoms with E-state index in [0.29, 0.717) is 5.39 Å². The van der Waals surface area contributed by atoms with Crippen molar-refractivity contribution in [2.45, 2.75) is 12.7 Å². The van der Waals surface area contributed by atoms with Crippen molar-refractivity contribution >= 4 is 28.3 Å². The molecule has 0 aliphatic carbocycles. The lowest BCUT2D eigenvalue weighted by Crippen LogP contribution is -2.23. The molecule has 1 N–H and O–H groups in total. The Bertz CT molecular complexity index is 1070. The van der Waals surface area contributed by atoms with Gasteiger partial charge in [-0.05, 0) is 34.7 Å². The molecule has 0 bridgehead atoms. The van der Waals surface area contributed by atoms with E-state index in [0.717, 1.165) is 16.7 Å². The van der Waals surface area contributed by atoms with Gasteiger partial charge in [-0.1, -0.05) is 35.9 Å². The van der Waals surface area contributed by atoms with Crippen molar-refractivity contribution in [3.63, 3.8) is 0 Å². The average molecular weight is 382 g/mol. The lowest BCUT2D eigenvalue weighted by Gasteiger charge is -2.13. The summed E-state index contributed by atoms with van der Waals surface area (Å²) >= 11 is 5.65. The molecule has 0 saturated heterocycles. The zero-order valence-corrected chi connectivity index (χ0v) is 13.8. The molecule has 8 heteroatoms. The van der Waals surface area contributed by atoms with Crippen LogP contribution in [0.25, 0.3) is 21.9 Å². The molecule has 0 spiro atoms. The van der Waals surface area contributed by atoms with E-state index in [1.807, 2.05) is 0 Å². The molecule has 0 amide bonds. The van der Waals surface area contributed by atoms with E-state index in [4.69, 9.17) is 16.7 Å². The second kappa shape index (κ2) is 6.49. The lowest BCUT2D eigenvalue weighted by atomic mass is 9.97. The molecule has 4 nitrogen and oxygen atoms in total. The predicted octanol–water partition coefficient (Wildman–Crippen LogP) is 4.43. The molecular formula is C18H11ClF3NO3. The van der Waals surface area contributed by atoms with Crippen LogP contribution in [0.2, 0.25) is 5.02 Å². The van der Waals surface area contributed by atoms with Crippen LogP contribution in [0.15, 0.2) is 53.5 Å². The summed E-state index contributed by atoms with van der Waals surface area (Å²) < 4.78 is 40.4. The van der Waals surface area contributed by atoms with Crippen LogP contribution >= 0.6 is 11.6 Å². The van der Waals surface area contributed by atoms with Crippen molar-refractivity contribution in [3.8, 4) is 11.1 Å². The Balaban J connectivity index is 2.29. The van der Waals surface area contributed by atoms with Crippen LogP contribution in [0.5, 0.6) is 0 Å². The van der Waals surface area contributed by atoms with Gasteiger partial charge in [-0.3, -0.25) is 9.59 Å². The molecule has 0 saturated carbocycles. The van der Waals surface area contributed by atoms with Crippen molar-refractivity contribution in [3.05, 3.63) is 69.6 Å². The van der Waals surface area contributed by atoms with Gasteiger partial charge in [0.05, 0.1) is 16.0 Å². The molecule has 0 fully saturated rings. The van der Waals surface area contributed by atoms with Crippen LogP contribution in [-0.4, -0.2) is 15.6 Å². The Labute approximate surface area is 150 Å². The predicted molar refractivity (Wildman–Crippen MR) is 91.3 cm³/mol. The number of aliphatic carboxylic acids is 1. The Kier molecular flexibility index (Phi) is 4.50. The monoisotopic (exact) mass is 381 g/mol. The summed E-state index contributed by atoms with van der Waals surface area (Å²) in [5.74, 6) is -1.20. The maximum absolute atomic E-state index is 13.1. The third-order valence-electron chi connectivity index (χ3n) is 3.89. The summed E-state index contributed by atoms with van der Waals surface area (Å²) in [6.07, 6.45) is -3.30. The smallest absolute Gasteiger partial charge is 0.417 e. The molecule has 0 unspecified atom stereocenters. The Morgan fingerprint density at radius 1 is 1.15 bits per heavy atom. The normalized spacial score (nSPS) is 11.7. The summed E-state index contributed by atoms with van der Waals surface area (Å²) in [6.45, 7) is -0.544. The zero-order chi connectivity index (χ0) is 19.1. The van der Waals surface area contributed by atoms with E-state index < -0.39 is 34.8 Å². The average Bonchev–Trinajstić information content (AvgIpc) is 2.56. The maximum Gasteiger partial charge on any atom is 0.417 e. The third-order valence-corrected chi connectivity index (χ3v) is 4.22. The van der Waals surface area contributed by atoms with Gasteiger partial charge in [-0.2, -0.15) is 13.2 Å². The number of carboxylic acid groups (broad SMARTS) is 1. The first-order valence-corrected chi connectivity index (χ1v) is 7.77. The van der Waals surface area contributed by atoms with E-state index in [2.05, 4.69) is 0 Å². The lowest BCUT2D eigenvalue weighted by molar-refractivity contribution is -0.138.